The Morgan fingerprint density at radius 3 is 3.06 bits per heavy atom. The third kappa shape index (κ3) is 2.58. The van der Waals surface area contributed by atoms with Crippen molar-refractivity contribution in [1.29, 1.82) is 0 Å². The van der Waals surface area contributed by atoms with E-state index in [1.165, 1.54) is 0 Å². The summed E-state index contributed by atoms with van der Waals surface area (Å²) in [4.78, 5) is 17.6. The Bertz CT molecular complexity index is 477. The molecule has 1 fully saturated rings. The molecule has 2 rings (SSSR count). The summed E-state index contributed by atoms with van der Waals surface area (Å²) in [5, 5.41) is 2.94. The highest BCUT2D eigenvalue weighted by molar-refractivity contribution is 9.10. The third-order valence-corrected chi connectivity index (χ3v) is 4.13. The molecule has 1 aliphatic heterocycles. The molecule has 3 N–H and O–H groups in total. The van der Waals surface area contributed by atoms with Crippen LogP contribution in [0.15, 0.2) is 10.7 Å². The molecular formula is C12H17BrN4O. The van der Waals surface area contributed by atoms with E-state index in [0.29, 0.717) is 5.69 Å². The van der Waals surface area contributed by atoms with Crippen molar-refractivity contribution in [1.82, 2.24) is 10.3 Å². The van der Waals surface area contributed by atoms with E-state index in [0.717, 1.165) is 35.4 Å². The van der Waals surface area contributed by atoms with Crippen LogP contribution in [0.25, 0.3) is 0 Å². The van der Waals surface area contributed by atoms with Crippen molar-refractivity contribution in [2.24, 2.45) is 0 Å². The highest BCUT2D eigenvalue weighted by atomic mass is 79.9. The van der Waals surface area contributed by atoms with Gasteiger partial charge in [0.1, 0.15) is 5.82 Å². The van der Waals surface area contributed by atoms with Crippen LogP contribution in [0.1, 0.15) is 18.9 Å². The highest BCUT2D eigenvalue weighted by Crippen LogP contribution is 2.32. The van der Waals surface area contributed by atoms with Gasteiger partial charge in [0.15, 0.2) is 0 Å². The second kappa shape index (κ2) is 5.14. The molecule has 0 spiro atoms. The lowest BCUT2D eigenvalue weighted by molar-refractivity contribution is -0.119. The number of rotatable bonds is 2. The molecule has 1 saturated heterocycles. The fraction of sp³-hybridized carbons (Fsp3) is 0.500. The van der Waals surface area contributed by atoms with Crippen molar-refractivity contribution < 1.29 is 4.79 Å². The molecule has 98 valence electrons. The molecule has 5 nitrogen and oxygen atoms in total. The van der Waals surface area contributed by atoms with Crippen molar-refractivity contribution in [2.45, 2.75) is 26.3 Å². The molecule has 6 heteroatoms. The molecule has 2 heterocycles. The zero-order chi connectivity index (χ0) is 13.3. The number of nitrogens with one attached hydrogen (secondary N) is 1. The average Bonchev–Trinajstić information content (AvgIpc) is 2.73. The summed E-state index contributed by atoms with van der Waals surface area (Å²) in [6, 6.07) is 0.203. The van der Waals surface area contributed by atoms with E-state index < -0.39 is 0 Å². The molecule has 1 aromatic heterocycles. The SMILES string of the molecule is CC(=O)NC1CCN(c2ncc(N)c(C)c2Br)C1. The minimum Gasteiger partial charge on any atom is -0.397 e. The molecular weight excluding hydrogens is 296 g/mol. The van der Waals surface area contributed by atoms with E-state index in [1.807, 2.05) is 6.92 Å². The Morgan fingerprint density at radius 1 is 1.67 bits per heavy atom. The maximum atomic E-state index is 11.0. The van der Waals surface area contributed by atoms with Gasteiger partial charge in [-0.2, -0.15) is 0 Å². The van der Waals surface area contributed by atoms with Gasteiger partial charge in [-0.05, 0) is 34.8 Å². The molecule has 0 saturated carbocycles. The minimum absolute atomic E-state index is 0.0161. The standard InChI is InChI=1S/C12H17BrN4O/c1-7-10(14)5-15-12(11(7)13)17-4-3-9(6-17)16-8(2)18/h5,9H,3-4,6,14H2,1-2H3,(H,16,18). The molecule has 1 aliphatic rings. The van der Waals surface area contributed by atoms with Gasteiger partial charge >= 0.3 is 0 Å². The van der Waals surface area contributed by atoms with Gasteiger partial charge < -0.3 is 16.0 Å². The number of nitrogens with two attached hydrogens (primary N) is 1. The summed E-state index contributed by atoms with van der Waals surface area (Å²) < 4.78 is 0.936. The number of nitrogen functional groups attached to an aromatic ring is 1. The Labute approximate surface area is 115 Å². The maximum absolute atomic E-state index is 11.0. The number of halogens is 1. The normalized spacial score (nSPS) is 19.1. The quantitative estimate of drug-likeness (QED) is 0.867. The van der Waals surface area contributed by atoms with Gasteiger partial charge in [0, 0.05) is 26.1 Å². The number of hydrogen-bond acceptors (Lipinski definition) is 4. The summed E-state index contributed by atoms with van der Waals surface area (Å²) in [5.41, 5.74) is 7.50. The van der Waals surface area contributed by atoms with Crippen LogP contribution in [0.4, 0.5) is 11.5 Å². The molecule has 0 aliphatic carbocycles. The van der Waals surface area contributed by atoms with E-state index in [2.05, 4.69) is 31.1 Å². The highest BCUT2D eigenvalue weighted by Gasteiger charge is 2.25. The predicted octanol–water partition coefficient (Wildman–Crippen LogP) is 1.45. The number of hydrogen-bond donors (Lipinski definition) is 2. The topological polar surface area (TPSA) is 71.2 Å². The smallest absolute Gasteiger partial charge is 0.217 e. The lowest BCUT2D eigenvalue weighted by Crippen LogP contribution is -2.35. The fourth-order valence-electron chi connectivity index (χ4n) is 2.16. The van der Waals surface area contributed by atoms with Crippen LogP contribution in [0, 0.1) is 6.92 Å². The van der Waals surface area contributed by atoms with Crippen LogP contribution >= 0.6 is 15.9 Å². The van der Waals surface area contributed by atoms with Crippen LogP contribution < -0.4 is 16.0 Å². The first-order valence-corrected chi connectivity index (χ1v) is 6.71. The average molecular weight is 313 g/mol. The Balaban J connectivity index is 2.15. The maximum Gasteiger partial charge on any atom is 0.217 e. The van der Waals surface area contributed by atoms with Crippen LogP contribution in [-0.2, 0) is 4.79 Å². The number of pyridine rings is 1. The van der Waals surface area contributed by atoms with Crippen LogP contribution in [0.5, 0.6) is 0 Å². The molecule has 0 radical (unpaired) electrons. The second-order valence-corrected chi connectivity index (χ2v) is 5.40. The first kappa shape index (κ1) is 13.1. The number of carbonyl (C=O) groups excluding carboxylic acids is 1. The van der Waals surface area contributed by atoms with Gasteiger partial charge in [-0.15, -0.1) is 0 Å². The second-order valence-electron chi connectivity index (χ2n) is 4.61. The summed E-state index contributed by atoms with van der Waals surface area (Å²) in [6.45, 7) is 5.19. The van der Waals surface area contributed by atoms with Gasteiger partial charge in [0.2, 0.25) is 5.91 Å². The van der Waals surface area contributed by atoms with Gasteiger partial charge in [0.25, 0.3) is 0 Å². The number of aromatic nitrogens is 1. The van der Waals surface area contributed by atoms with Crippen LogP contribution in [-0.4, -0.2) is 30.0 Å². The van der Waals surface area contributed by atoms with E-state index >= 15 is 0 Å². The van der Waals surface area contributed by atoms with E-state index in [4.69, 9.17) is 5.73 Å². The van der Waals surface area contributed by atoms with Crippen molar-refractivity contribution in [3.63, 3.8) is 0 Å². The fourth-order valence-corrected chi connectivity index (χ4v) is 2.74. The minimum atomic E-state index is 0.0161. The zero-order valence-electron chi connectivity index (χ0n) is 10.5. The van der Waals surface area contributed by atoms with Gasteiger partial charge in [-0.3, -0.25) is 4.79 Å². The van der Waals surface area contributed by atoms with E-state index in [9.17, 15) is 4.79 Å². The van der Waals surface area contributed by atoms with Crippen LogP contribution in [0.3, 0.4) is 0 Å². The first-order chi connectivity index (χ1) is 8.49. The molecule has 18 heavy (non-hydrogen) atoms. The number of carbonyl (C=O) groups is 1. The van der Waals surface area contributed by atoms with Crippen molar-refractivity contribution in [3.8, 4) is 0 Å². The number of amides is 1. The molecule has 1 aromatic rings. The van der Waals surface area contributed by atoms with Crippen molar-refractivity contribution in [3.05, 3.63) is 16.2 Å². The molecule has 1 amide bonds. The predicted molar refractivity (Wildman–Crippen MR) is 75.5 cm³/mol. The summed E-state index contributed by atoms with van der Waals surface area (Å²) in [5.74, 6) is 0.914. The Kier molecular flexibility index (Phi) is 3.75. The van der Waals surface area contributed by atoms with E-state index in [1.54, 1.807) is 13.1 Å². The first-order valence-electron chi connectivity index (χ1n) is 5.91. The Morgan fingerprint density at radius 2 is 2.39 bits per heavy atom. The number of nitrogens with zero attached hydrogens (tertiary/aromatic N) is 2. The summed E-state index contributed by atoms with van der Waals surface area (Å²) in [6.07, 6.45) is 2.62. The van der Waals surface area contributed by atoms with E-state index in [-0.39, 0.29) is 11.9 Å². The van der Waals surface area contributed by atoms with Crippen LogP contribution in [0.2, 0.25) is 0 Å². The van der Waals surface area contributed by atoms with Crippen molar-refractivity contribution in [2.75, 3.05) is 23.7 Å². The van der Waals surface area contributed by atoms with Gasteiger partial charge in [0.05, 0.1) is 16.4 Å². The Hall–Kier alpha value is -1.30. The summed E-state index contributed by atoms with van der Waals surface area (Å²) in [7, 11) is 0. The molecule has 1 unspecified atom stereocenters. The zero-order valence-corrected chi connectivity index (χ0v) is 12.1. The lowest BCUT2D eigenvalue weighted by Gasteiger charge is -2.20. The molecule has 1 atom stereocenters. The lowest BCUT2D eigenvalue weighted by atomic mass is 10.2. The van der Waals surface area contributed by atoms with Crippen molar-refractivity contribution >= 4 is 33.3 Å². The number of anilines is 2. The molecule has 0 bridgehead atoms. The monoisotopic (exact) mass is 312 g/mol. The van der Waals surface area contributed by atoms with Gasteiger partial charge in [-0.25, -0.2) is 4.98 Å². The molecule has 0 aromatic carbocycles. The third-order valence-electron chi connectivity index (χ3n) is 3.18. The summed E-state index contributed by atoms with van der Waals surface area (Å²) >= 11 is 3.54. The van der Waals surface area contributed by atoms with Gasteiger partial charge in [-0.1, -0.05) is 0 Å². The largest absolute Gasteiger partial charge is 0.397 e.